The molecule has 2 rings (SSSR count). The highest BCUT2D eigenvalue weighted by Crippen LogP contribution is 1.99. The van der Waals surface area contributed by atoms with Gasteiger partial charge in [-0.15, -0.1) is 0 Å². The van der Waals surface area contributed by atoms with Crippen LogP contribution in [-0.4, -0.2) is 0 Å². The molecule has 18 heavy (non-hydrogen) atoms. The molecule has 0 bridgehead atoms. The largest absolute Gasteiger partial charge is 0.592 e. The van der Waals surface area contributed by atoms with E-state index in [0.29, 0.717) is 11.4 Å². The molecule has 0 saturated carbocycles. The van der Waals surface area contributed by atoms with Gasteiger partial charge < -0.3 is 10.4 Å². The third-order valence-electron chi connectivity index (χ3n) is 2.21. The number of rotatable bonds is 5. The molecule has 0 amide bonds. The van der Waals surface area contributed by atoms with E-state index in [1.807, 2.05) is 0 Å². The van der Waals surface area contributed by atoms with Crippen LogP contribution < -0.4 is 10.5 Å². The van der Waals surface area contributed by atoms with Crippen molar-refractivity contribution in [3.8, 4) is 0 Å². The molecule has 0 aliphatic carbocycles. The van der Waals surface area contributed by atoms with E-state index in [4.69, 9.17) is 0 Å². The lowest BCUT2D eigenvalue weighted by molar-refractivity contribution is -1.20. The first kappa shape index (κ1) is 12.7. The molecule has 0 spiro atoms. The summed E-state index contributed by atoms with van der Waals surface area (Å²) in [6.45, 7) is 0. The number of benzene rings is 2. The van der Waals surface area contributed by atoms with E-state index in [2.05, 4.69) is 9.98 Å². The predicted octanol–water partition coefficient (Wildman–Crippen LogP) is 0.193. The van der Waals surface area contributed by atoms with Crippen molar-refractivity contribution in [1.29, 1.82) is 0 Å². The molecule has 0 heterocycles. The van der Waals surface area contributed by atoms with Gasteiger partial charge in [-0.2, -0.15) is 10.5 Å². The smallest absolute Gasteiger partial charge is 0.166 e. The van der Waals surface area contributed by atoms with Gasteiger partial charge in [0.05, 0.1) is 0 Å². The van der Waals surface area contributed by atoms with Gasteiger partial charge in [0.1, 0.15) is 0 Å². The van der Waals surface area contributed by atoms with Crippen molar-refractivity contribution in [2.75, 3.05) is 0 Å². The fourth-order valence-electron chi connectivity index (χ4n) is 1.32. The number of quaternary nitrogens is 2. The Balaban J connectivity index is 1.89. The Morgan fingerprint density at radius 3 is 1.28 bits per heavy atom. The van der Waals surface area contributed by atoms with Crippen molar-refractivity contribution in [3.05, 3.63) is 71.1 Å². The Labute approximate surface area is 104 Å². The second-order valence-corrected chi connectivity index (χ2v) is 3.47. The van der Waals surface area contributed by atoms with Crippen LogP contribution >= 0.6 is 0 Å². The van der Waals surface area contributed by atoms with Crippen LogP contribution in [0, 0.1) is 10.4 Å². The maximum absolute atomic E-state index is 11.5. The minimum atomic E-state index is -0.708. The highest BCUT2D eigenvalue weighted by atomic mass is 17.4. The monoisotopic (exact) mass is 248 g/mol. The van der Waals surface area contributed by atoms with Crippen molar-refractivity contribution in [3.63, 3.8) is 0 Å². The molecule has 0 aromatic heterocycles. The third-order valence-corrected chi connectivity index (χ3v) is 2.21. The molecular formula is C12H12N2O4. The fourth-order valence-corrected chi connectivity index (χ4v) is 1.32. The SMILES string of the molecule is [O-][NH+](OO[NH+]([O-])c1ccccc1)c1ccccc1. The van der Waals surface area contributed by atoms with Gasteiger partial charge in [-0.25, -0.2) is 0 Å². The molecule has 2 aromatic rings. The third kappa shape index (κ3) is 3.34. The predicted molar refractivity (Wildman–Crippen MR) is 63.0 cm³/mol. The molecule has 2 aromatic carbocycles. The maximum Gasteiger partial charge on any atom is 0.166 e. The lowest BCUT2D eigenvalue weighted by atomic mass is 10.3. The highest BCUT2D eigenvalue weighted by molar-refractivity contribution is 5.28. The van der Waals surface area contributed by atoms with Gasteiger partial charge in [-0.3, -0.25) is 0 Å². The van der Waals surface area contributed by atoms with E-state index in [1.54, 1.807) is 60.7 Å². The van der Waals surface area contributed by atoms with Crippen molar-refractivity contribution in [1.82, 2.24) is 0 Å². The Morgan fingerprint density at radius 1 is 0.611 bits per heavy atom. The number of hydrogen-bond donors (Lipinski definition) is 2. The van der Waals surface area contributed by atoms with Gasteiger partial charge in [-0.05, 0) is 0 Å². The quantitative estimate of drug-likeness (QED) is 0.585. The maximum atomic E-state index is 11.5. The van der Waals surface area contributed by atoms with E-state index in [1.165, 1.54) is 0 Å². The van der Waals surface area contributed by atoms with Crippen molar-refractivity contribution >= 4 is 11.4 Å². The van der Waals surface area contributed by atoms with Crippen molar-refractivity contribution < 1.29 is 20.4 Å². The molecule has 2 unspecified atom stereocenters. The van der Waals surface area contributed by atoms with Crippen molar-refractivity contribution in [2.45, 2.75) is 0 Å². The Hall–Kier alpha value is -1.80. The van der Waals surface area contributed by atoms with Crippen LogP contribution in [0.2, 0.25) is 0 Å². The second-order valence-electron chi connectivity index (χ2n) is 3.47. The first-order valence-corrected chi connectivity index (χ1v) is 5.30. The summed E-state index contributed by atoms with van der Waals surface area (Å²) in [7, 11) is 0. The summed E-state index contributed by atoms with van der Waals surface area (Å²) in [5, 5.41) is 21.5. The van der Waals surface area contributed by atoms with Crippen molar-refractivity contribution in [2.24, 2.45) is 0 Å². The highest BCUT2D eigenvalue weighted by Gasteiger charge is 2.09. The van der Waals surface area contributed by atoms with Crippen LogP contribution in [0.1, 0.15) is 0 Å². The average Bonchev–Trinajstić information content (AvgIpc) is 2.46. The molecule has 0 fully saturated rings. The molecule has 0 aliphatic rings. The molecule has 6 heteroatoms. The normalized spacial score (nSPS) is 14.1. The summed E-state index contributed by atoms with van der Waals surface area (Å²) in [6.07, 6.45) is 0. The summed E-state index contributed by atoms with van der Waals surface area (Å²) >= 11 is 0. The van der Waals surface area contributed by atoms with E-state index in [-0.39, 0.29) is 0 Å². The van der Waals surface area contributed by atoms with Crippen LogP contribution in [0.5, 0.6) is 0 Å². The Bertz CT molecular complexity index is 421. The van der Waals surface area contributed by atoms with Crippen LogP contribution in [-0.2, 0) is 9.98 Å². The lowest BCUT2D eigenvalue weighted by Crippen LogP contribution is -3.09. The van der Waals surface area contributed by atoms with Gasteiger partial charge in [0.2, 0.25) is 0 Å². The lowest BCUT2D eigenvalue weighted by Gasteiger charge is -2.20. The topological polar surface area (TPSA) is 73.5 Å². The first-order chi connectivity index (χ1) is 8.77. The van der Waals surface area contributed by atoms with E-state index in [9.17, 15) is 10.4 Å². The zero-order valence-electron chi connectivity index (χ0n) is 9.41. The van der Waals surface area contributed by atoms with Gasteiger partial charge in [0, 0.05) is 34.2 Å². The Morgan fingerprint density at radius 2 is 0.944 bits per heavy atom. The van der Waals surface area contributed by atoms with E-state index < -0.39 is 10.5 Å². The standard InChI is InChI=1S/C12H12N2O4/c15-13(11-7-3-1-4-8-11)17-18-14(16)12-9-5-2-6-10-12/h1-10,13-14H. The van der Waals surface area contributed by atoms with E-state index >= 15 is 0 Å². The van der Waals surface area contributed by atoms with Crippen LogP contribution in [0.4, 0.5) is 11.4 Å². The number of nitrogens with one attached hydrogen (secondary N) is 2. The second kappa shape index (κ2) is 6.22. The molecule has 6 nitrogen and oxygen atoms in total. The van der Waals surface area contributed by atoms with Crippen LogP contribution in [0.15, 0.2) is 60.7 Å². The summed E-state index contributed by atoms with van der Waals surface area (Å²) in [6, 6.07) is 16.6. The minimum Gasteiger partial charge on any atom is -0.592 e. The average molecular weight is 248 g/mol. The molecule has 0 saturated heterocycles. The Kier molecular flexibility index (Phi) is 4.37. The van der Waals surface area contributed by atoms with E-state index in [0.717, 1.165) is 0 Å². The minimum absolute atomic E-state index is 0.318. The fraction of sp³-hybridized carbons (Fsp3) is 0. The summed E-state index contributed by atoms with van der Waals surface area (Å²) in [5.74, 6) is 0. The zero-order chi connectivity index (χ0) is 12.8. The molecule has 0 aliphatic heterocycles. The summed E-state index contributed by atoms with van der Waals surface area (Å²) < 4.78 is 0. The molecule has 94 valence electrons. The first-order valence-electron chi connectivity index (χ1n) is 5.30. The van der Waals surface area contributed by atoms with Gasteiger partial charge in [-0.1, -0.05) is 36.4 Å². The van der Waals surface area contributed by atoms with Crippen LogP contribution in [0.25, 0.3) is 0 Å². The van der Waals surface area contributed by atoms with Gasteiger partial charge >= 0.3 is 0 Å². The molecule has 0 radical (unpaired) electrons. The summed E-state index contributed by atoms with van der Waals surface area (Å²) in [5.41, 5.74) is 0.636. The molecular weight excluding hydrogens is 236 g/mol. The summed E-state index contributed by atoms with van der Waals surface area (Å²) in [4.78, 5) is 8.91. The zero-order valence-corrected chi connectivity index (χ0v) is 9.41. The molecule has 2 N–H and O–H groups in total. The van der Waals surface area contributed by atoms with Gasteiger partial charge in [0.15, 0.2) is 11.4 Å². The number of hydrogen-bond acceptors (Lipinski definition) is 4. The van der Waals surface area contributed by atoms with Crippen LogP contribution in [0.3, 0.4) is 0 Å². The van der Waals surface area contributed by atoms with Gasteiger partial charge in [0.25, 0.3) is 0 Å². The molecule has 2 atom stereocenters.